The molecular formula is C10H16N2O2. The molecule has 4 heteroatoms. The first-order valence-electron chi connectivity index (χ1n) is 5.26. The minimum absolute atomic E-state index is 0.122. The van der Waals surface area contributed by atoms with Gasteiger partial charge in [-0.3, -0.25) is 9.79 Å². The zero-order valence-corrected chi connectivity index (χ0v) is 8.48. The third-order valence-corrected chi connectivity index (χ3v) is 2.87. The summed E-state index contributed by atoms with van der Waals surface area (Å²) in [7, 11) is 0. The van der Waals surface area contributed by atoms with Crippen LogP contribution in [-0.2, 0) is 9.53 Å². The van der Waals surface area contributed by atoms with Crippen LogP contribution in [0.3, 0.4) is 0 Å². The molecule has 2 atom stereocenters. The fourth-order valence-corrected chi connectivity index (χ4v) is 2.22. The molecule has 2 unspecified atom stereocenters. The van der Waals surface area contributed by atoms with Gasteiger partial charge in [-0.05, 0) is 19.8 Å². The fraction of sp³-hybridized carbons (Fsp3) is 0.800. The van der Waals surface area contributed by atoms with Crippen molar-refractivity contribution in [2.45, 2.75) is 38.3 Å². The Morgan fingerprint density at radius 1 is 1.71 bits per heavy atom. The molecule has 4 nitrogen and oxygen atoms in total. The van der Waals surface area contributed by atoms with E-state index in [1.165, 1.54) is 6.42 Å². The van der Waals surface area contributed by atoms with E-state index in [2.05, 4.69) is 9.89 Å². The van der Waals surface area contributed by atoms with E-state index in [9.17, 15) is 4.79 Å². The molecule has 14 heavy (non-hydrogen) atoms. The molecule has 0 aromatic carbocycles. The van der Waals surface area contributed by atoms with Gasteiger partial charge >= 0.3 is 5.97 Å². The highest BCUT2D eigenvalue weighted by Gasteiger charge is 2.35. The summed E-state index contributed by atoms with van der Waals surface area (Å²) in [5.41, 5.74) is 0. The van der Waals surface area contributed by atoms with Crippen LogP contribution in [0.5, 0.6) is 0 Å². The van der Waals surface area contributed by atoms with Gasteiger partial charge in [0.15, 0.2) is 0 Å². The average Bonchev–Trinajstić information content (AvgIpc) is 2.70. The summed E-state index contributed by atoms with van der Waals surface area (Å²) >= 11 is 0. The molecule has 78 valence electrons. The second-order valence-electron chi connectivity index (χ2n) is 3.79. The Bertz CT molecular complexity index is 253. The maximum Gasteiger partial charge on any atom is 0.308 e. The molecule has 0 aromatic heterocycles. The van der Waals surface area contributed by atoms with Gasteiger partial charge in [0.05, 0.1) is 31.4 Å². The van der Waals surface area contributed by atoms with Crippen LogP contribution >= 0.6 is 0 Å². The maximum atomic E-state index is 11.3. The van der Waals surface area contributed by atoms with Crippen molar-refractivity contribution in [3.05, 3.63) is 0 Å². The third-order valence-electron chi connectivity index (χ3n) is 2.87. The predicted octanol–water partition coefficient (Wildman–Crippen LogP) is 0.815. The standard InChI is InChI=1S/C10H16N2O2/c1-2-14-10(13)6-8-9-4-3-5-12(9)7-11-8/h7-9H,2-6H2,1H3. The van der Waals surface area contributed by atoms with Crippen molar-refractivity contribution in [2.24, 2.45) is 4.99 Å². The summed E-state index contributed by atoms with van der Waals surface area (Å²) in [5, 5.41) is 0. The third kappa shape index (κ3) is 1.74. The Morgan fingerprint density at radius 3 is 3.36 bits per heavy atom. The van der Waals surface area contributed by atoms with Crippen LogP contribution in [0.25, 0.3) is 0 Å². The van der Waals surface area contributed by atoms with Crippen molar-refractivity contribution >= 4 is 12.3 Å². The number of nitrogens with zero attached hydrogens (tertiary/aromatic N) is 2. The Labute approximate surface area is 83.9 Å². The van der Waals surface area contributed by atoms with Crippen molar-refractivity contribution in [2.75, 3.05) is 13.2 Å². The summed E-state index contributed by atoms with van der Waals surface area (Å²) in [6.07, 6.45) is 4.70. The van der Waals surface area contributed by atoms with Gasteiger partial charge in [-0.1, -0.05) is 0 Å². The van der Waals surface area contributed by atoms with Crippen molar-refractivity contribution in [1.82, 2.24) is 4.90 Å². The van der Waals surface area contributed by atoms with Crippen molar-refractivity contribution in [3.63, 3.8) is 0 Å². The lowest BCUT2D eigenvalue weighted by Crippen LogP contribution is -2.32. The normalized spacial score (nSPS) is 29.4. The molecule has 2 rings (SSSR count). The van der Waals surface area contributed by atoms with E-state index in [-0.39, 0.29) is 12.0 Å². The van der Waals surface area contributed by atoms with Crippen LogP contribution in [0.4, 0.5) is 0 Å². The van der Waals surface area contributed by atoms with Gasteiger partial charge in [-0.15, -0.1) is 0 Å². The van der Waals surface area contributed by atoms with E-state index >= 15 is 0 Å². The number of ether oxygens (including phenoxy) is 1. The molecule has 0 N–H and O–H groups in total. The van der Waals surface area contributed by atoms with E-state index in [1.54, 1.807) is 0 Å². The van der Waals surface area contributed by atoms with Crippen molar-refractivity contribution in [3.8, 4) is 0 Å². The molecule has 2 heterocycles. The molecule has 2 aliphatic rings. The summed E-state index contributed by atoms with van der Waals surface area (Å²) in [4.78, 5) is 17.9. The summed E-state index contributed by atoms with van der Waals surface area (Å²) in [5.74, 6) is -0.122. The molecule has 0 radical (unpaired) electrons. The minimum atomic E-state index is -0.122. The first kappa shape index (κ1) is 9.49. The lowest BCUT2D eigenvalue weighted by molar-refractivity contribution is -0.143. The van der Waals surface area contributed by atoms with Gasteiger partial charge in [0.1, 0.15) is 0 Å². The number of carbonyl (C=O) groups is 1. The summed E-state index contributed by atoms with van der Waals surface area (Å²) in [6.45, 7) is 3.38. The minimum Gasteiger partial charge on any atom is -0.466 e. The van der Waals surface area contributed by atoms with Crippen LogP contribution in [-0.4, -0.2) is 42.4 Å². The van der Waals surface area contributed by atoms with E-state index in [0.29, 0.717) is 19.1 Å². The van der Waals surface area contributed by atoms with E-state index in [4.69, 9.17) is 4.74 Å². The van der Waals surface area contributed by atoms with Crippen molar-refractivity contribution in [1.29, 1.82) is 0 Å². The van der Waals surface area contributed by atoms with E-state index in [0.717, 1.165) is 13.0 Å². The lowest BCUT2D eigenvalue weighted by atomic mass is 10.0. The number of carbonyl (C=O) groups excluding carboxylic acids is 1. The summed E-state index contributed by atoms with van der Waals surface area (Å²) in [6, 6.07) is 0.593. The molecule has 1 fully saturated rings. The molecule has 0 amide bonds. The van der Waals surface area contributed by atoms with Crippen molar-refractivity contribution < 1.29 is 9.53 Å². The van der Waals surface area contributed by atoms with Gasteiger partial charge in [0.2, 0.25) is 0 Å². The number of fused-ring (bicyclic) bond motifs is 1. The Balaban J connectivity index is 1.87. The van der Waals surface area contributed by atoms with Gasteiger partial charge < -0.3 is 9.64 Å². The van der Waals surface area contributed by atoms with Gasteiger partial charge in [-0.25, -0.2) is 0 Å². The Hall–Kier alpha value is -1.06. The first-order valence-corrected chi connectivity index (χ1v) is 5.26. The number of hydrogen-bond acceptors (Lipinski definition) is 4. The van der Waals surface area contributed by atoms with Crippen LogP contribution in [0, 0.1) is 0 Å². The number of aliphatic imine (C=N–C) groups is 1. The molecule has 0 aromatic rings. The Kier molecular flexibility index (Phi) is 2.70. The zero-order chi connectivity index (χ0) is 9.97. The van der Waals surface area contributed by atoms with Crippen LogP contribution in [0.2, 0.25) is 0 Å². The topological polar surface area (TPSA) is 41.9 Å². The smallest absolute Gasteiger partial charge is 0.308 e. The molecule has 0 saturated carbocycles. The molecule has 0 aliphatic carbocycles. The second kappa shape index (κ2) is 3.98. The maximum absolute atomic E-state index is 11.3. The molecular weight excluding hydrogens is 180 g/mol. The number of rotatable bonds is 3. The largest absolute Gasteiger partial charge is 0.466 e. The van der Waals surface area contributed by atoms with Crippen LogP contribution in [0.1, 0.15) is 26.2 Å². The Morgan fingerprint density at radius 2 is 2.57 bits per heavy atom. The molecule has 1 saturated heterocycles. The molecule has 0 spiro atoms. The SMILES string of the molecule is CCOC(=O)CC1N=CN2CCCC12. The van der Waals surface area contributed by atoms with Crippen LogP contribution < -0.4 is 0 Å². The van der Waals surface area contributed by atoms with Gasteiger partial charge in [0.25, 0.3) is 0 Å². The van der Waals surface area contributed by atoms with Gasteiger partial charge in [0, 0.05) is 6.54 Å². The first-order chi connectivity index (χ1) is 6.81. The zero-order valence-electron chi connectivity index (χ0n) is 8.48. The lowest BCUT2D eigenvalue weighted by Gasteiger charge is -2.18. The average molecular weight is 196 g/mol. The molecule has 2 aliphatic heterocycles. The summed E-state index contributed by atoms with van der Waals surface area (Å²) < 4.78 is 4.92. The second-order valence-corrected chi connectivity index (χ2v) is 3.79. The monoisotopic (exact) mass is 196 g/mol. The highest BCUT2D eigenvalue weighted by Crippen LogP contribution is 2.26. The van der Waals surface area contributed by atoms with E-state index in [1.807, 2.05) is 13.3 Å². The van der Waals surface area contributed by atoms with Gasteiger partial charge in [-0.2, -0.15) is 0 Å². The van der Waals surface area contributed by atoms with Crippen LogP contribution in [0.15, 0.2) is 4.99 Å². The number of hydrogen-bond donors (Lipinski definition) is 0. The quantitative estimate of drug-likeness (QED) is 0.627. The highest BCUT2D eigenvalue weighted by molar-refractivity contribution is 5.71. The van der Waals surface area contributed by atoms with E-state index < -0.39 is 0 Å². The number of esters is 1. The highest BCUT2D eigenvalue weighted by atomic mass is 16.5. The predicted molar refractivity (Wildman–Crippen MR) is 53.3 cm³/mol. The molecule has 0 bridgehead atoms. The fourth-order valence-electron chi connectivity index (χ4n) is 2.22.